The van der Waals surface area contributed by atoms with Gasteiger partial charge in [-0.3, -0.25) is 4.99 Å². The summed E-state index contributed by atoms with van der Waals surface area (Å²) in [6.45, 7) is 13.9. The second kappa shape index (κ2) is 10.1. The van der Waals surface area contributed by atoms with Crippen molar-refractivity contribution in [3.8, 4) is 5.75 Å². The zero-order valence-corrected chi connectivity index (χ0v) is 23.8. The quantitative estimate of drug-likeness (QED) is 0.444. The van der Waals surface area contributed by atoms with Gasteiger partial charge >= 0.3 is 10.2 Å². The number of rotatable bonds is 8. The monoisotopic (exact) mass is 559 g/mol. The highest BCUT2D eigenvalue weighted by Gasteiger charge is 2.33. The lowest BCUT2D eigenvalue weighted by molar-refractivity contribution is 0.403. The van der Waals surface area contributed by atoms with Gasteiger partial charge in [-0.15, -0.1) is 15.7 Å². The second-order valence-electron chi connectivity index (χ2n) is 9.67. The van der Waals surface area contributed by atoms with Crippen LogP contribution in [0.2, 0.25) is 0 Å². The molecule has 3 heterocycles. The number of anilines is 1. The Bertz CT molecular complexity index is 1380. The number of nitrogens with one attached hydrogen (secondary N) is 2. The van der Waals surface area contributed by atoms with Gasteiger partial charge in [0, 0.05) is 18.5 Å². The minimum atomic E-state index is -4.08. The summed E-state index contributed by atoms with van der Waals surface area (Å²) in [6.07, 6.45) is 1.66. The van der Waals surface area contributed by atoms with Gasteiger partial charge in [-0.2, -0.15) is 12.7 Å². The number of aromatic hydroxyl groups is 1. The molecule has 11 nitrogen and oxygen atoms in total. The van der Waals surface area contributed by atoms with Crippen molar-refractivity contribution < 1.29 is 26.4 Å². The summed E-state index contributed by atoms with van der Waals surface area (Å²) in [4.78, 5) is 4.59. The summed E-state index contributed by atoms with van der Waals surface area (Å²) in [7, 11) is -7.99. The van der Waals surface area contributed by atoms with Crippen molar-refractivity contribution in [2.75, 3.05) is 18.4 Å². The third-order valence-corrected chi connectivity index (χ3v) is 10.0. The molecule has 200 valence electrons. The van der Waals surface area contributed by atoms with E-state index in [4.69, 9.17) is 4.42 Å². The van der Waals surface area contributed by atoms with Crippen LogP contribution >= 0.6 is 11.3 Å². The number of hydrogen-bond acceptors (Lipinski definition) is 9. The van der Waals surface area contributed by atoms with Gasteiger partial charge in [0.2, 0.25) is 0 Å². The standard InChI is InChI=1S/C22H33N5O6S3/c1-8-27(9-2)35(29,30)21-18(28)15(12-34-21)23-19-20(26-36(31,32)25-19)24-17(13(3)4)16-10-14(11-33-16)22(5,6)7/h10-13,17,28H,8-9H2,1-7H3,(H,23,25)(H,24,26)/t17-/m1/s1. The van der Waals surface area contributed by atoms with Gasteiger partial charge < -0.3 is 14.8 Å². The van der Waals surface area contributed by atoms with Crippen LogP contribution in [0.1, 0.15) is 65.8 Å². The first-order valence-electron chi connectivity index (χ1n) is 11.5. The van der Waals surface area contributed by atoms with Crippen LogP contribution in [0.15, 0.2) is 35.7 Å². The van der Waals surface area contributed by atoms with Crippen LogP contribution in [0.5, 0.6) is 5.75 Å². The van der Waals surface area contributed by atoms with E-state index in [1.165, 1.54) is 9.69 Å². The molecule has 0 bridgehead atoms. The maximum Gasteiger partial charge on any atom is 0.345 e. The molecule has 0 saturated carbocycles. The van der Waals surface area contributed by atoms with Gasteiger partial charge in [0.05, 0.1) is 12.0 Å². The Hall–Kier alpha value is -2.42. The van der Waals surface area contributed by atoms with E-state index in [0.29, 0.717) is 5.76 Å². The Labute approximate surface area is 216 Å². The number of amidine groups is 2. The molecule has 2 aromatic heterocycles. The molecule has 0 aromatic carbocycles. The predicted molar refractivity (Wildman–Crippen MR) is 142 cm³/mol. The third kappa shape index (κ3) is 5.76. The first-order valence-corrected chi connectivity index (χ1v) is 15.2. The number of furan rings is 1. The predicted octanol–water partition coefficient (Wildman–Crippen LogP) is 3.83. The molecule has 0 fully saturated rings. The lowest BCUT2D eigenvalue weighted by Crippen LogP contribution is -2.31. The van der Waals surface area contributed by atoms with E-state index in [2.05, 4.69) is 40.2 Å². The van der Waals surface area contributed by atoms with E-state index in [-0.39, 0.29) is 46.0 Å². The minimum Gasteiger partial charge on any atom is -0.504 e. The summed E-state index contributed by atoms with van der Waals surface area (Å²) in [5.41, 5.74) is 0.844. The van der Waals surface area contributed by atoms with E-state index in [1.54, 1.807) is 20.1 Å². The van der Waals surface area contributed by atoms with Gasteiger partial charge in [-0.25, -0.2) is 13.1 Å². The molecule has 0 aliphatic carbocycles. The molecule has 14 heteroatoms. The number of sulfonamides is 1. The Morgan fingerprint density at radius 2 is 1.92 bits per heavy atom. The average Bonchev–Trinajstić information content (AvgIpc) is 3.45. The van der Waals surface area contributed by atoms with Crippen LogP contribution in [-0.2, 0) is 25.6 Å². The number of nitrogens with zero attached hydrogens (tertiary/aromatic N) is 3. The lowest BCUT2D eigenvalue weighted by Gasteiger charge is -2.17. The zero-order valence-electron chi connectivity index (χ0n) is 21.4. The van der Waals surface area contributed by atoms with Crippen LogP contribution < -0.4 is 10.0 Å². The van der Waals surface area contributed by atoms with Gasteiger partial charge in [0.15, 0.2) is 21.6 Å². The first-order chi connectivity index (χ1) is 16.6. The third-order valence-electron chi connectivity index (χ3n) is 5.60. The van der Waals surface area contributed by atoms with E-state index in [0.717, 1.165) is 16.9 Å². The van der Waals surface area contributed by atoms with Gasteiger partial charge in [0.25, 0.3) is 10.0 Å². The van der Waals surface area contributed by atoms with Gasteiger partial charge in [-0.1, -0.05) is 48.5 Å². The first kappa shape index (κ1) is 28.2. The number of aliphatic imine (C=N–C) groups is 1. The largest absolute Gasteiger partial charge is 0.504 e. The average molecular weight is 560 g/mol. The highest BCUT2D eigenvalue weighted by Crippen LogP contribution is 2.39. The fourth-order valence-corrected chi connectivity index (χ4v) is 7.17. The Morgan fingerprint density at radius 3 is 2.44 bits per heavy atom. The number of thiophene rings is 1. The van der Waals surface area contributed by atoms with Crippen molar-refractivity contribution in [2.24, 2.45) is 15.3 Å². The smallest absolute Gasteiger partial charge is 0.345 e. The molecule has 3 N–H and O–H groups in total. The molecule has 0 saturated heterocycles. The summed E-state index contributed by atoms with van der Waals surface area (Å²) in [5.74, 6) is -0.231. The maximum absolute atomic E-state index is 12.9. The Balaban J connectivity index is 1.98. The molecule has 1 aliphatic rings. The molecule has 0 radical (unpaired) electrons. The second-order valence-corrected chi connectivity index (χ2v) is 14.0. The molecular weight excluding hydrogens is 526 g/mol. The maximum atomic E-state index is 12.9. The molecule has 1 atom stereocenters. The van der Waals surface area contributed by atoms with Crippen molar-refractivity contribution in [3.05, 3.63) is 29.0 Å². The van der Waals surface area contributed by atoms with Crippen molar-refractivity contribution in [2.45, 2.75) is 64.1 Å². The van der Waals surface area contributed by atoms with Crippen molar-refractivity contribution in [1.82, 2.24) is 9.03 Å². The van der Waals surface area contributed by atoms with E-state index >= 15 is 0 Å². The van der Waals surface area contributed by atoms with Crippen molar-refractivity contribution in [3.63, 3.8) is 0 Å². The van der Waals surface area contributed by atoms with Crippen molar-refractivity contribution >= 4 is 48.9 Å². The van der Waals surface area contributed by atoms with Crippen LogP contribution in [-0.4, -0.2) is 51.0 Å². The summed E-state index contributed by atoms with van der Waals surface area (Å²) < 4.78 is 63.0. The zero-order chi connectivity index (χ0) is 27.1. The molecule has 36 heavy (non-hydrogen) atoms. The molecule has 1 aliphatic heterocycles. The minimum absolute atomic E-state index is 0.00481. The highest BCUT2D eigenvalue weighted by atomic mass is 32.2. The summed E-state index contributed by atoms with van der Waals surface area (Å²) >= 11 is 0.825. The molecule has 0 unspecified atom stereocenters. The van der Waals surface area contributed by atoms with Crippen LogP contribution in [0.4, 0.5) is 5.69 Å². The molecule has 3 rings (SSSR count). The van der Waals surface area contributed by atoms with E-state index in [9.17, 15) is 21.9 Å². The van der Waals surface area contributed by atoms with Gasteiger partial charge in [0.1, 0.15) is 11.8 Å². The van der Waals surface area contributed by atoms with E-state index in [1.807, 2.05) is 19.9 Å². The fourth-order valence-electron chi connectivity index (χ4n) is 3.52. The highest BCUT2D eigenvalue weighted by molar-refractivity contribution is 7.91. The van der Waals surface area contributed by atoms with E-state index < -0.39 is 32.0 Å². The molecule has 0 amide bonds. The molecule has 0 spiro atoms. The fraction of sp³-hybridized carbons (Fsp3) is 0.545. The van der Waals surface area contributed by atoms with Crippen LogP contribution in [0.3, 0.4) is 0 Å². The van der Waals surface area contributed by atoms with Gasteiger partial charge in [-0.05, 0) is 23.0 Å². The number of hydrogen-bond donors (Lipinski definition) is 3. The lowest BCUT2D eigenvalue weighted by atomic mass is 9.88. The molecule has 2 aromatic rings. The van der Waals surface area contributed by atoms with Crippen LogP contribution in [0, 0.1) is 5.92 Å². The topological polar surface area (TPSA) is 154 Å². The normalized spacial score (nSPS) is 18.0. The molecular formula is C22H33N5O6S3. The summed E-state index contributed by atoms with van der Waals surface area (Å²) in [6, 6.07) is 1.37. The summed E-state index contributed by atoms with van der Waals surface area (Å²) in [5, 5.41) is 14.8. The van der Waals surface area contributed by atoms with Crippen LogP contribution in [0.25, 0.3) is 0 Å². The Morgan fingerprint density at radius 1 is 1.28 bits per heavy atom. The SMILES string of the molecule is CCN(CC)S(=O)(=O)c1scc(NC2=NS(=O)(=O)NC2=N[C@@H](c2cc(C(C)(C)C)co2)C(C)C)c1O. The Kier molecular flexibility index (Phi) is 7.94. The van der Waals surface area contributed by atoms with Crippen molar-refractivity contribution in [1.29, 1.82) is 0 Å².